The summed E-state index contributed by atoms with van der Waals surface area (Å²) in [6.45, 7) is 15.5. The van der Waals surface area contributed by atoms with Gasteiger partial charge in [0.25, 0.3) is 0 Å². The Morgan fingerprint density at radius 2 is 1.80 bits per heavy atom. The number of hydrogen-bond acceptors (Lipinski definition) is 2. The summed E-state index contributed by atoms with van der Waals surface area (Å²) in [5.41, 5.74) is 2.89. The molecule has 3 fully saturated rings. The van der Waals surface area contributed by atoms with Gasteiger partial charge in [-0.05, 0) is 124 Å². The molecule has 0 heterocycles. The second-order valence-electron chi connectivity index (χ2n) is 12.6. The maximum atomic E-state index is 10.2. The second-order valence-corrected chi connectivity index (χ2v) is 12.6. The van der Waals surface area contributed by atoms with Gasteiger partial charge in [-0.25, -0.2) is 0 Å². The average Bonchev–Trinajstić information content (AvgIpc) is 3.03. The van der Waals surface area contributed by atoms with Gasteiger partial charge < -0.3 is 10.2 Å². The second kappa shape index (κ2) is 7.77. The SMILES string of the molecule is C=C(CC[C@@H](C)[C@H]1CC[C@H]2C3=CC[C@H]4C[C@@H](O)CC[C@]4(C)C3CC[C@]12C)C(C)(C)O. The molecule has 8 atom stereocenters. The highest BCUT2D eigenvalue weighted by atomic mass is 16.3. The van der Waals surface area contributed by atoms with Crippen molar-refractivity contribution < 1.29 is 10.2 Å². The van der Waals surface area contributed by atoms with Gasteiger partial charge in [0.05, 0.1) is 11.7 Å². The average molecular weight is 415 g/mol. The Kier molecular flexibility index (Phi) is 5.85. The van der Waals surface area contributed by atoms with Crippen LogP contribution in [0.2, 0.25) is 0 Å². The van der Waals surface area contributed by atoms with Gasteiger partial charge in [-0.15, -0.1) is 0 Å². The van der Waals surface area contributed by atoms with Crippen LogP contribution in [0, 0.1) is 40.4 Å². The number of allylic oxidation sites excluding steroid dienone is 2. The first-order chi connectivity index (χ1) is 14.0. The molecule has 30 heavy (non-hydrogen) atoms. The maximum absolute atomic E-state index is 10.2. The van der Waals surface area contributed by atoms with E-state index in [1.807, 2.05) is 19.4 Å². The predicted octanol–water partition coefficient (Wildman–Crippen LogP) is 6.67. The van der Waals surface area contributed by atoms with Crippen molar-refractivity contribution >= 4 is 0 Å². The number of aliphatic hydroxyl groups excluding tert-OH is 1. The number of rotatable bonds is 5. The van der Waals surface area contributed by atoms with E-state index in [0.717, 1.165) is 49.0 Å². The van der Waals surface area contributed by atoms with E-state index in [9.17, 15) is 10.2 Å². The molecule has 0 spiro atoms. The quantitative estimate of drug-likeness (QED) is 0.493. The molecule has 2 N–H and O–H groups in total. The van der Waals surface area contributed by atoms with Gasteiger partial charge in [0.2, 0.25) is 0 Å². The zero-order chi connectivity index (χ0) is 21.9. The monoisotopic (exact) mass is 414 g/mol. The number of fused-ring (bicyclic) bond motifs is 5. The van der Waals surface area contributed by atoms with Gasteiger partial charge in [-0.2, -0.15) is 0 Å². The fraction of sp³-hybridized carbons (Fsp3) is 0.857. The summed E-state index contributed by atoms with van der Waals surface area (Å²) in [6.07, 6.45) is 14.5. The Bertz CT molecular complexity index is 700. The van der Waals surface area contributed by atoms with Crippen LogP contribution in [0.15, 0.2) is 23.8 Å². The van der Waals surface area contributed by atoms with Crippen LogP contribution in [0.4, 0.5) is 0 Å². The molecule has 1 unspecified atom stereocenters. The van der Waals surface area contributed by atoms with E-state index in [2.05, 4.69) is 33.4 Å². The Morgan fingerprint density at radius 3 is 2.50 bits per heavy atom. The van der Waals surface area contributed by atoms with Crippen LogP contribution in [0.3, 0.4) is 0 Å². The first kappa shape index (κ1) is 22.6. The van der Waals surface area contributed by atoms with E-state index in [0.29, 0.717) is 22.7 Å². The van der Waals surface area contributed by atoms with Crippen LogP contribution in [-0.2, 0) is 0 Å². The molecule has 4 aliphatic carbocycles. The van der Waals surface area contributed by atoms with Crippen molar-refractivity contribution in [2.75, 3.05) is 0 Å². The molecule has 4 aliphatic rings. The zero-order valence-electron chi connectivity index (χ0n) is 20.2. The fourth-order valence-corrected chi connectivity index (χ4v) is 8.37. The molecule has 170 valence electrons. The third-order valence-electron chi connectivity index (χ3n) is 10.6. The van der Waals surface area contributed by atoms with Gasteiger partial charge in [0.1, 0.15) is 0 Å². The first-order valence-electron chi connectivity index (χ1n) is 12.8. The Labute approximate surface area is 185 Å². The molecular weight excluding hydrogens is 368 g/mol. The minimum atomic E-state index is -0.758. The summed E-state index contributed by atoms with van der Waals surface area (Å²) >= 11 is 0. The van der Waals surface area contributed by atoms with E-state index < -0.39 is 5.60 Å². The summed E-state index contributed by atoms with van der Waals surface area (Å²) < 4.78 is 0. The third kappa shape index (κ3) is 3.64. The zero-order valence-corrected chi connectivity index (χ0v) is 20.2. The van der Waals surface area contributed by atoms with E-state index in [-0.39, 0.29) is 6.10 Å². The van der Waals surface area contributed by atoms with Gasteiger partial charge in [0, 0.05) is 0 Å². The van der Waals surface area contributed by atoms with E-state index in [1.165, 1.54) is 38.5 Å². The molecule has 0 radical (unpaired) electrons. The van der Waals surface area contributed by atoms with Gasteiger partial charge in [-0.1, -0.05) is 39.0 Å². The highest BCUT2D eigenvalue weighted by Gasteiger charge is 2.58. The van der Waals surface area contributed by atoms with Crippen LogP contribution >= 0.6 is 0 Å². The number of hydrogen-bond donors (Lipinski definition) is 2. The van der Waals surface area contributed by atoms with Crippen molar-refractivity contribution in [1.82, 2.24) is 0 Å². The van der Waals surface area contributed by atoms with E-state index in [1.54, 1.807) is 0 Å². The fourth-order valence-electron chi connectivity index (χ4n) is 8.37. The molecule has 0 aliphatic heterocycles. The van der Waals surface area contributed by atoms with Crippen LogP contribution < -0.4 is 0 Å². The van der Waals surface area contributed by atoms with Gasteiger partial charge in [0.15, 0.2) is 0 Å². The molecule has 2 nitrogen and oxygen atoms in total. The Hall–Kier alpha value is -0.600. The highest BCUT2D eigenvalue weighted by molar-refractivity contribution is 5.27. The summed E-state index contributed by atoms with van der Waals surface area (Å²) in [6, 6.07) is 0. The molecule has 0 amide bonds. The Morgan fingerprint density at radius 1 is 1.13 bits per heavy atom. The van der Waals surface area contributed by atoms with Gasteiger partial charge in [-0.3, -0.25) is 0 Å². The Balaban J connectivity index is 1.49. The van der Waals surface area contributed by atoms with E-state index >= 15 is 0 Å². The summed E-state index contributed by atoms with van der Waals surface area (Å²) in [7, 11) is 0. The lowest BCUT2D eigenvalue weighted by Crippen LogP contribution is -2.49. The van der Waals surface area contributed by atoms with E-state index in [4.69, 9.17) is 0 Å². The molecular formula is C28H46O2. The minimum absolute atomic E-state index is 0.0674. The molecule has 2 heteroatoms. The number of aliphatic hydroxyl groups is 2. The largest absolute Gasteiger partial charge is 0.393 e. The van der Waals surface area contributed by atoms with Crippen molar-refractivity contribution in [2.24, 2.45) is 40.4 Å². The molecule has 0 aromatic heterocycles. The molecule has 0 aromatic rings. The van der Waals surface area contributed by atoms with Crippen LogP contribution in [0.5, 0.6) is 0 Å². The van der Waals surface area contributed by atoms with Crippen molar-refractivity contribution in [2.45, 2.75) is 111 Å². The lowest BCUT2D eigenvalue weighted by atomic mass is 9.47. The third-order valence-corrected chi connectivity index (χ3v) is 10.6. The molecule has 4 rings (SSSR count). The maximum Gasteiger partial charge on any atom is 0.0798 e. The topological polar surface area (TPSA) is 40.5 Å². The van der Waals surface area contributed by atoms with Crippen LogP contribution in [0.25, 0.3) is 0 Å². The highest BCUT2D eigenvalue weighted by Crippen LogP contribution is 2.67. The molecule has 0 aromatic carbocycles. The molecule has 0 bridgehead atoms. The van der Waals surface area contributed by atoms with Crippen molar-refractivity contribution in [3.63, 3.8) is 0 Å². The summed E-state index contributed by atoms with van der Waals surface area (Å²) in [5, 5.41) is 20.5. The van der Waals surface area contributed by atoms with Crippen LogP contribution in [0.1, 0.15) is 98.8 Å². The smallest absolute Gasteiger partial charge is 0.0798 e. The van der Waals surface area contributed by atoms with Crippen LogP contribution in [-0.4, -0.2) is 21.9 Å². The van der Waals surface area contributed by atoms with Crippen molar-refractivity contribution in [3.8, 4) is 0 Å². The predicted molar refractivity (Wildman–Crippen MR) is 125 cm³/mol. The summed E-state index contributed by atoms with van der Waals surface area (Å²) in [5.74, 6) is 3.69. The van der Waals surface area contributed by atoms with Crippen molar-refractivity contribution in [1.29, 1.82) is 0 Å². The molecule has 3 saturated carbocycles. The lowest BCUT2D eigenvalue weighted by Gasteiger charge is -2.57. The normalized spacial score (nSPS) is 44.5. The standard InChI is InChI=1S/C28H46O2/c1-18(7-8-19(2)26(3,4)30)23-11-12-24-22-10-9-20-17-21(29)13-15-27(20,5)25(22)14-16-28(23,24)6/h10,18,20-21,23-25,29-30H,2,7-9,11-17H2,1,3-6H3/t18-,20+,21+,23-,24+,25?,27+,28-/m1/s1. The summed E-state index contributed by atoms with van der Waals surface area (Å²) in [4.78, 5) is 0. The van der Waals surface area contributed by atoms with Gasteiger partial charge >= 0.3 is 0 Å². The minimum Gasteiger partial charge on any atom is -0.393 e. The first-order valence-corrected chi connectivity index (χ1v) is 12.8. The van der Waals surface area contributed by atoms with Crippen molar-refractivity contribution in [3.05, 3.63) is 23.8 Å². The molecule has 0 saturated heterocycles. The lowest BCUT2D eigenvalue weighted by molar-refractivity contribution is -0.0427.